The van der Waals surface area contributed by atoms with Crippen LogP contribution in [0.4, 0.5) is 5.69 Å². The summed E-state index contributed by atoms with van der Waals surface area (Å²) in [5.74, 6) is -1.78. The second-order valence-electron chi connectivity index (χ2n) is 6.77. The Kier molecular flexibility index (Phi) is 5.79. The molecule has 0 spiro atoms. The van der Waals surface area contributed by atoms with E-state index in [1.54, 1.807) is 31.4 Å². The standard InChI is InChI=1S/C20H21N3O6/c1-11(24)23-10-14(29-2)9-17(23)19(26)21-13-5-3-12(4-6-13)16-8-7-15(20(27)28)18(25)22-16/h3-8,14,17H,9-10H2,1-2H3,(H,21,26)(H,22,25)(H,27,28)/t14?,17-/m0/s1. The van der Waals surface area contributed by atoms with Crippen LogP contribution >= 0.6 is 0 Å². The number of methoxy groups -OCH3 is 1. The topological polar surface area (TPSA) is 129 Å². The number of aromatic carboxylic acids is 1. The number of likely N-dealkylation sites (tertiary alicyclic amines) is 1. The Morgan fingerprint density at radius 1 is 1.17 bits per heavy atom. The number of anilines is 1. The number of benzene rings is 1. The number of aromatic nitrogens is 1. The maximum Gasteiger partial charge on any atom is 0.341 e. The van der Waals surface area contributed by atoms with Crippen molar-refractivity contribution in [2.75, 3.05) is 19.0 Å². The van der Waals surface area contributed by atoms with Crippen LogP contribution in [0.1, 0.15) is 23.7 Å². The third-order valence-electron chi connectivity index (χ3n) is 4.91. The highest BCUT2D eigenvalue weighted by Crippen LogP contribution is 2.23. The van der Waals surface area contributed by atoms with Gasteiger partial charge in [0.05, 0.1) is 6.10 Å². The lowest BCUT2D eigenvalue weighted by molar-refractivity contribution is -0.134. The Morgan fingerprint density at radius 3 is 2.41 bits per heavy atom. The van der Waals surface area contributed by atoms with Crippen molar-refractivity contribution < 1.29 is 24.2 Å². The van der Waals surface area contributed by atoms with Crippen molar-refractivity contribution in [3.8, 4) is 11.3 Å². The van der Waals surface area contributed by atoms with Crippen molar-refractivity contribution in [3.63, 3.8) is 0 Å². The molecule has 9 heteroatoms. The summed E-state index contributed by atoms with van der Waals surface area (Å²) in [4.78, 5) is 51.2. The van der Waals surface area contributed by atoms with Crippen LogP contribution in [0.15, 0.2) is 41.2 Å². The number of carbonyl (C=O) groups excluding carboxylic acids is 2. The molecule has 0 bridgehead atoms. The molecule has 2 aromatic rings. The molecule has 3 rings (SSSR count). The molecule has 0 aliphatic carbocycles. The van der Waals surface area contributed by atoms with Gasteiger partial charge in [0.1, 0.15) is 11.6 Å². The first-order valence-electron chi connectivity index (χ1n) is 8.98. The summed E-state index contributed by atoms with van der Waals surface area (Å²) in [6.07, 6.45) is 0.250. The van der Waals surface area contributed by atoms with E-state index in [9.17, 15) is 19.2 Å². The molecule has 1 saturated heterocycles. The molecule has 2 heterocycles. The van der Waals surface area contributed by atoms with E-state index < -0.39 is 17.6 Å². The summed E-state index contributed by atoms with van der Waals surface area (Å²) in [6.45, 7) is 1.80. The summed E-state index contributed by atoms with van der Waals surface area (Å²) in [6, 6.07) is 8.86. The number of pyridine rings is 1. The fourth-order valence-corrected chi connectivity index (χ4v) is 3.33. The number of nitrogens with zero attached hydrogens (tertiary/aromatic N) is 1. The lowest BCUT2D eigenvalue weighted by Crippen LogP contribution is -2.42. The predicted molar refractivity (Wildman–Crippen MR) is 105 cm³/mol. The van der Waals surface area contributed by atoms with Crippen LogP contribution in [0.25, 0.3) is 11.3 Å². The minimum Gasteiger partial charge on any atom is -0.477 e. The SMILES string of the molecule is COC1C[C@@H](C(=O)Nc2ccc(-c3ccc(C(=O)O)c(=O)[nH]3)cc2)N(C(C)=O)C1. The Bertz CT molecular complexity index is 998. The molecule has 0 radical (unpaired) electrons. The van der Waals surface area contributed by atoms with E-state index in [1.165, 1.54) is 24.0 Å². The highest BCUT2D eigenvalue weighted by molar-refractivity contribution is 5.97. The fourth-order valence-electron chi connectivity index (χ4n) is 3.33. The van der Waals surface area contributed by atoms with Gasteiger partial charge in [-0.05, 0) is 29.8 Å². The van der Waals surface area contributed by atoms with E-state index in [0.717, 1.165) is 0 Å². The largest absolute Gasteiger partial charge is 0.477 e. The summed E-state index contributed by atoms with van der Waals surface area (Å²) in [7, 11) is 1.55. The van der Waals surface area contributed by atoms with Gasteiger partial charge in [-0.15, -0.1) is 0 Å². The third-order valence-corrected chi connectivity index (χ3v) is 4.91. The molecule has 1 aromatic carbocycles. The minimum absolute atomic E-state index is 0.178. The molecule has 1 aliphatic rings. The van der Waals surface area contributed by atoms with Crippen molar-refractivity contribution >= 4 is 23.5 Å². The zero-order valence-electron chi connectivity index (χ0n) is 16.0. The Labute approximate surface area is 166 Å². The molecular formula is C20H21N3O6. The van der Waals surface area contributed by atoms with E-state index in [0.29, 0.717) is 29.9 Å². The highest BCUT2D eigenvalue weighted by Gasteiger charge is 2.38. The van der Waals surface area contributed by atoms with E-state index in [1.807, 2.05) is 0 Å². The molecule has 9 nitrogen and oxygen atoms in total. The number of H-pyrrole nitrogens is 1. The molecule has 2 atom stereocenters. The number of carbonyl (C=O) groups is 3. The lowest BCUT2D eigenvalue weighted by Gasteiger charge is -2.22. The maximum atomic E-state index is 12.6. The molecule has 152 valence electrons. The van der Waals surface area contributed by atoms with Crippen LogP contribution in [0.3, 0.4) is 0 Å². The van der Waals surface area contributed by atoms with Gasteiger partial charge >= 0.3 is 5.97 Å². The fraction of sp³-hybridized carbons (Fsp3) is 0.300. The van der Waals surface area contributed by atoms with Crippen LogP contribution in [0.2, 0.25) is 0 Å². The van der Waals surface area contributed by atoms with Crippen molar-refractivity contribution in [1.82, 2.24) is 9.88 Å². The summed E-state index contributed by atoms with van der Waals surface area (Å²) >= 11 is 0. The van der Waals surface area contributed by atoms with Gasteiger partial charge < -0.3 is 25.0 Å². The zero-order chi connectivity index (χ0) is 21.1. The summed E-state index contributed by atoms with van der Waals surface area (Å²) in [5.41, 5.74) is 0.624. The Morgan fingerprint density at radius 2 is 1.86 bits per heavy atom. The van der Waals surface area contributed by atoms with E-state index >= 15 is 0 Å². The Balaban J connectivity index is 1.73. The number of nitrogens with one attached hydrogen (secondary N) is 2. The second-order valence-corrected chi connectivity index (χ2v) is 6.77. The molecule has 1 unspecified atom stereocenters. The normalized spacial score (nSPS) is 18.5. The first kappa shape index (κ1) is 20.3. The van der Waals surface area contributed by atoms with Gasteiger partial charge in [-0.3, -0.25) is 14.4 Å². The molecule has 1 aromatic heterocycles. The number of aromatic amines is 1. The van der Waals surface area contributed by atoms with E-state index in [4.69, 9.17) is 9.84 Å². The Hall–Kier alpha value is -3.46. The van der Waals surface area contributed by atoms with Gasteiger partial charge in [0.2, 0.25) is 11.8 Å². The van der Waals surface area contributed by atoms with Crippen LogP contribution in [-0.4, -0.2) is 58.6 Å². The molecular weight excluding hydrogens is 378 g/mol. The molecule has 1 fully saturated rings. The van der Waals surface area contributed by atoms with Gasteiger partial charge in [0.15, 0.2) is 0 Å². The molecule has 1 aliphatic heterocycles. The van der Waals surface area contributed by atoms with Crippen molar-refractivity contribution in [2.24, 2.45) is 0 Å². The summed E-state index contributed by atoms with van der Waals surface area (Å²) in [5, 5.41) is 11.7. The average molecular weight is 399 g/mol. The van der Waals surface area contributed by atoms with Gasteiger partial charge in [-0.2, -0.15) is 0 Å². The van der Waals surface area contributed by atoms with Crippen LogP contribution in [0, 0.1) is 0 Å². The maximum absolute atomic E-state index is 12.6. The number of hydrogen-bond donors (Lipinski definition) is 3. The zero-order valence-corrected chi connectivity index (χ0v) is 16.0. The van der Waals surface area contributed by atoms with Gasteiger partial charge in [-0.1, -0.05) is 12.1 Å². The average Bonchev–Trinajstić information content (AvgIpc) is 3.13. The molecule has 29 heavy (non-hydrogen) atoms. The first-order chi connectivity index (χ1) is 13.8. The number of carboxylic acid groups (broad SMARTS) is 1. The monoisotopic (exact) mass is 399 g/mol. The minimum atomic E-state index is -1.29. The van der Waals surface area contributed by atoms with Crippen molar-refractivity contribution in [2.45, 2.75) is 25.5 Å². The van der Waals surface area contributed by atoms with Crippen LogP contribution in [-0.2, 0) is 14.3 Å². The van der Waals surface area contributed by atoms with E-state index in [-0.39, 0.29) is 23.5 Å². The highest BCUT2D eigenvalue weighted by atomic mass is 16.5. The number of carboxylic acids is 1. The van der Waals surface area contributed by atoms with Crippen molar-refractivity contribution in [3.05, 3.63) is 52.3 Å². The van der Waals surface area contributed by atoms with Gasteiger partial charge in [0.25, 0.3) is 5.56 Å². The predicted octanol–water partition coefficient (Wildman–Crippen LogP) is 1.31. The smallest absolute Gasteiger partial charge is 0.341 e. The quantitative estimate of drug-likeness (QED) is 0.695. The number of amides is 2. The molecule has 2 amide bonds. The summed E-state index contributed by atoms with van der Waals surface area (Å²) < 4.78 is 5.28. The number of hydrogen-bond acceptors (Lipinski definition) is 5. The third kappa shape index (κ3) is 4.35. The van der Waals surface area contributed by atoms with Crippen molar-refractivity contribution in [1.29, 1.82) is 0 Å². The van der Waals surface area contributed by atoms with Gasteiger partial charge in [-0.25, -0.2) is 4.79 Å². The number of rotatable bonds is 5. The van der Waals surface area contributed by atoms with Crippen LogP contribution in [0.5, 0.6) is 0 Å². The first-order valence-corrected chi connectivity index (χ1v) is 8.98. The molecule has 0 saturated carbocycles. The second kappa shape index (κ2) is 8.27. The van der Waals surface area contributed by atoms with E-state index in [2.05, 4.69) is 10.3 Å². The lowest BCUT2D eigenvalue weighted by atomic mass is 10.1. The number of ether oxygens (including phenoxy) is 1. The van der Waals surface area contributed by atoms with Gasteiger partial charge in [0, 0.05) is 38.4 Å². The van der Waals surface area contributed by atoms with Crippen LogP contribution < -0.4 is 10.9 Å². The molecule has 3 N–H and O–H groups in total.